The van der Waals surface area contributed by atoms with Gasteiger partial charge in [0.25, 0.3) is 0 Å². The highest BCUT2D eigenvalue weighted by atomic mass is 16.5. The molecule has 0 amide bonds. The molecule has 0 aromatic heterocycles. The lowest BCUT2D eigenvalue weighted by atomic mass is 9.86. The Balaban J connectivity index is 2.55. The quantitative estimate of drug-likeness (QED) is 0.640. The first-order valence-corrected chi connectivity index (χ1v) is 4.37. The third kappa shape index (κ3) is 1.87. The van der Waals surface area contributed by atoms with Crippen molar-refractivity contribution in [2.75, 3.05) is 6.61 Å². The summed E-state index contributed by atoms with van der Waals surface area (Å²) in [7, 11) is 0. The molecule has 1 N–H and O–H groups in total. The maximum Gasteiger partial charge on any atom is 0.0877 e. The van der Waals surface area contributed by atoms with Gasteiger partial charge in [0, 0.05) is 5.41 Å². The summed E-state index contributed by atoms with van der Waals surface area (Å²) in [4.78, 5) is 0. The maximum absolute atomic E-state index is 9.80. The molecule has 1 saturated heterocycles. The molecule has 2 heteroatoms. The Labute approximate surface area is 74.2 Å². The van der Waals surface area contributed by atoms with E-state index in [4.69, 9.17) is 4.74 Å². The van der Waals surface area contributed by atoms with Crippen molar-refractivity contribution in [2.45, 2.75) is 39.4 Å². The van der Waals surface area contributed by atoms with Gasteiger partial charge in [0.2, 0.25) is 0 Å². The van der Waals surface area contributed by atoms with Crippen molar-refractivity contribution in [1.29, 1.82) is 0 Å². The van der Waals surface area contributed by atoms with Crippen LogP contribution in [0.2, 0.25) is 0 Å². The molecule has 0 radical (unpaired) electrons. The maximum atomic E-state index is 9.80. The second-order valence-corrected chi connectivity index (χ2v) is 4.44. The highest BCUT2D eigenvalue weighted by molar-refractivity contribution is 4.99. The predicted octanol–water partition coefficient (Wildman–Crippen LogP) is 1.74. The van der Waals surface area contributed by atoms with E-state index in [-0.39, 0.29) is 17.6 Å². The summed E-state index contributed by atoms with van der Waals surface area (Å²) < 4.78 is 5.48. The van der Waals surface area contributed by atoms with E-state index in [1.807, 2.05) is 20.8 Å². The van der Waals surface area contributed by atoms with E-state index < -0.39 is 0 Å². The van der Waals surface area contributed by atoms with Gasteiger partial charge >= 0.3 is 0 Å². The Hall–Kier alpha value is -0.340. The first-order valence-electron chi connectivity index (χ1n) is 4.37. The van der Waals surface area contributed by atoms with E-state index in [1.54, 1.807) is 0 Å². The summed E-state index contributed by atoms with van der Waals surface area (Å²) in [6.07, 6.45) is 0.372. The number of aliphatic hydroxyl groups is 1. The third-order valence-corrected chi connectivity index (χ3v) is 2.37. The molecule has 0 aromatic rings. The molecule has 70 valence electrons. The minimum Gasteiger partial charge on any atom is -0.390 e. The molecule has 12 heavy (non-hydrogen) atoms. The Morgan fingerprint density at radius 3 is 2.58 bits per heavy atom. The van der Waals surface area contributed by atoms with Crippen LogP contribution in [-0.4, -0.2) is 23.9 Å². The van der Waals surface area contributed by atoms with Crippen LogP contribution in [0.15, 0.2) is 12.2 Å². The zero-order valence-corrected chi connectivity index (χ0v) is 8.13. The first-order chi connectivity index (χ1) is 5.43. The summed E-state index contributed by atoms with van der Waals surface area (Å²) in [6, 6.07) is 0. The van der Waals surface area contributed by atoms with E-state index in [2.05, 4.69) is 6.58 Å². The molecule has 0 aliphatic carbocycles. The zero-order chi connectivity index (χ0) is 9.35. The van der Waals surface area contributed by atoms with Crippen LogP contribution < -0.4 is 0 Å². The monoisotopic (exact) mass is 170 g/mol. The lowest BCUT2D eigenvalue weighted by molar-refractivity contribution is 0.0322. The zero-order valence-electron chi connectivity index (χ0n) is 8.13. The predicted molar refractivity (Wildman–Crippen MR) is 49.0 cm³/mol. The van der Waals surface area contributed by atoms with Gasteiger partial charge in [-0.1, -0.05) is 19.4 Å². The van der Waals surface area contributed by atoms with Crippen molar-refractivity contribution in [1.82, 2.24) is 0 Å². The van der Waals surface area contributed by atoms with E-state index in [0.29, 0.717) is 6.61 Å². The van der Waals surface area contributed by atoms with Gasteiger partial charge in [-0.2, -0.15) is 0 Å². The number of ether oxygens (including phenoxy) is 1. The van der Waals surface area contributed by atoms with Crippen molar-refractivity contribution >= 4 is 0 Å². The molecule has 2 atom stereocenters. The Kier molecular flexibility index (Phi) is 2.59. The number of aliphatic hydroxyl groups excluding tert-OH is 1. The van der Waals surface area contributed by atoms with E-state index in [9.17, 15) is 5.11 Å². The minimum absolute atomic E-state index is 0.0440. The van der Waals surface area contributed by atoms with Crippen LogP contribution in [0.25, 0.3) is 0 Å². The van der Waals surface area contributed by atoms with E-state index in [1.165, 1.54) is 0 Å². The fourth-order valence-corrected chi connectivity index (χ4v) is 1.52. The van der Waals surface area contributed by atoms with Crippen LogP contribution in [0, 0.1) is 5.41 Å². The highest BCUT2D eigenvalue weighted by Crippen LogP contribution is 2.34. The summed E-state index contributed by atoms with van der Waals surface area (Å²) in [5.74, 6) is 0. The minimum atomic E-state index is -0.353. The van der Waals surface area contributed by atoms with Crippen LogP contribution in [0.3, 0.4) is 0 Å². The lowest BCUT2D eigenvalue weighted by Crippen LogP contribution is -2.32. The van der Waals surface area contributed by atoms with Crippen LogP contribution in [0.1, 0.15) is 27.2 Å². The lowest BCUT2D eigenvalue weighted by Gasteiger charge is -2.22. The summed E-state index contributed by atoms with van der Waals surface area (Å²) >= 11 is 0. The Morgan fingerprint density at radius 1 is 1.67 bits per heavy atom. The molecule has 2 nitrogen and oxygen atoms in total. The van der Waals surface area contributed by atoms with Gasteiger partial charge in [-0.3, -0.25) is 0 Å². The van der Waals surface area contributed by atoms with Crippen molar-refractivity contribution in [2.24, 2.45) is 5.41 Å². The van der Waals surface area contributed by atoms with Crippen LogP contribution in [0.5, 0.6) is 0 Å². The normalized spacial score (nSPS) is 33.7. The molecule has 1 rings (SSSR count). The fraction of sp³-hybridized carbons (Fsp3) is 0.800. The number of rotatable bonds is 2. The van der Waals surface area contributed by atoms with Crippen LogP contribution in [0.4, 0.5) is 0 Å². The number of hydrogen-bond donors (Lipinski definition) is 1. The summed E-state index contributed by atoms with van der Waals surface area (Å²) in [5, 5.41) is 9.80. The van der Waals surface area contributed by atoms with Crippen molar-refractivity contribution in [3.8, 4) is 0 Å². The van der Waals surface area contributed by atoms with Crippen molar-refractivity contribution in [3.05, 3.63) is 12.2 Å². The van der Waals surface area contributed by atoms with Gasteiger partial charge < -0.3 is 9.84 Å². The standard InChI is InChI=1S/C10H18O2/c1-7(2)5-8-9(11)10(3,4)6-12-8/h8-9,11H,1,5-6H2,2-4H3. The van der Waals surface area contributed by atoms with Crippen LogP contribution >= 0.6 is 0 Å². The molecule has 1 heterocycles. The van der Waals surface area contributed by atoms with E-state index in [0.717, 1.165) is 12.0 Å². The SMILES string of the molecule is C=C(C)CC1OCC(C)(C)C1O. The molecule has 0 aromatic carbocycles. The largest absolute Gasteiger partial charge is 0.390 e. The Morgan fingerprint density at radius 2 is 2.25 bits per heavy atom. The summed E-state index contributed by atoms with van der Waals surface area (Å²) in [6.45, 7) is 10.5. The van der Waals surface area contributed by atoms with Gasteiger partial charge in [0.1, 0.15) is 0 Å². The molecule has 1 aliphatic rings. The van der Waals surface area contributed by atoms with Crippen LogP contribution in [-0.2, 0) is 4.74 Å². The highest BCUT2D eigenvalue weighted by Gasteiger charge is 2.41. The summed E-state index contributed by atoms with van der Waals surface area (Å²) in [5.41, 5.74) is 0.969. The molecular weight excluding hydrogens is 152 g/mol. The second kappa shape index (κ2) is 3.19. The average molecular weight is 170 g/mol. The molecular formula is C10H18O2. The third-order valence-electron chi connectivity index (χ3n) is 2.37. The molecule has 1 aliphatic heterocycles. The number of hydrogen-bond acceptors (Lipinski definition) is 2. The smallest absolute Gasteiger partial charge is 0.0877 e. The van der Waals surface area contributed by atoms with Gasteiger partial charge in [0.15, 0.2) is 0 Å². The second-order valence-electron chi connectivity index (χ2n) is 4.44. The average Bonchev–Trinajstić information content (AvgIpc) is 2.15. The molecule has 2 unspecified atom stereocenters. The van der Waals surface area contributed by atoms with Crippen molar-refractivity contribution < 1.29 is 9.84 Å². The molecule has 0 saturated carbocycles. The van der Waals surface area contributed by atoms with Gasteiger partial charge in [-0.15, -0.1) is 6.58 Å². The molecule has 0 spiro atoms. The first kappa shape index (κ1) is 9.75. The van der Waals surface area contributed by atoms with Gasteiger partial charge in [-0.25, -0.2) is 0 Å². The molecule has 0 bridgehead atoms. The fourth-order valence-electron chi connectivity index (χ4n) is 1.52. The van der Waals surface area contributed by atoms with Gasteiger partial charge in [-0.05, 0) is 13.3 Å². The molecule has 1 fully saturated rings. The topological polar surface area (TPSA) is 29.5 Å². The van der Waals surface area contributed by atoms with E-state index >= 15 is 0 Å². The van der Waals surface area contributed by atoms with Gasteiger partial charge in [0.05, 0.1) is 18.8 Å². The Bertz CT molecular complexity index is 184. The van der Waals surface area contributed by atoms with Crippen molar-refractivity contribution in [3.63, 3.8) is 0 Å².